The van der Waals surface area contributed by atoms with Crippen LogP contribution < -0.4 is 11.1 Å². The monoisotopic (exact) mass is 266 g/mol. The summed E-state index contributed by atoms with van der Waals surface area (Å²) in [5.41, 5.74) is 4.91. The van der Waals surface area contributed by atoms with E-state index in [0.717, 1.165) is 18.2 Å². The lowest BCUT2D eigenvalue weighted by Gasteiger charge is -2.07. The first kappa shape index (κ1) is 12.7. The molecule has 0 saturated heterocycles. The van der Waals surface area contributed by atoms with Gasteiger partial charge in [-0.15, -0.1) is 0 Å². The van der Waals surface area contributed by atoms with Crippen LogP contribution in [0.15, 0.2) is 30.3 Å². The van der Waals surface area contributed by atoms with E-state index in [1.165, 1.54) is 12.1 Å². The van der Waals surface area contributed by atoms with Crippen LogP contribution in [0.3, 0.4) is 0 Å². The first-order valence-electron chi connectivity index (χ1n) is 5.10. The van der Waals surface area contributed by atoms with E-state index in [2.05, 4.69) is 10.3 Å². The molecule has 0 aliphatic rings. The van der Waals surface area contributed by atoms with Gasteiger partial charge in [-0.25, -0.2) is 13.8 Å². The maximum Gasteiger partial charge on any atom is 0.276 e. The molecule has 0 amide bonds. The number of hydrogen-bond donors (Lipinski definition) is 2. The second-order valence-corrected chi connectivity index (χ2v) is 3.62. The van der Waals surface area contributed by atoms with Crippen molar-refractivity contribution in [3.63, 3.8) is 0 Å². The van der Waals surface area contributed by atoms with E-state index < -0.39 is 16.6 Å². The van der Waals surface area contributed by atoms with E-state index in [-0.39, 0.29) is 23.0 Å². The van der Waals surface area contributed by atoms with Gasteiger partial charge >= 0.3 is 0 Å². The van der Waals surface area contributed by atoms with Gasteiger partial charge in [-0.1, -0.05) is 6.07 Å². The summed E-state index contributed by atoms with van der Waals surface area (Å²) in [5, 5.41) is 13.1. The SMILES string of the molecule is Nc1cc([N+](=O)[O-])cc(Nc2cccc(F)c2F)n1. The van der Waals surface area contributed by atoms with Crippen LogP contribution in [0.5, 0.6) is 0 Å². The van der Waals surface area contributed by atoms with Crippen molar-refractivity contribution in [1.29, 1.82) is 0 Å². The van der Waals surface area contributed by atoms with Gasteiger partial charge in [-0.05, 0) is 12.1 Å². The second kappa shape index (κ2) is 4.84. The Morgan fingerprint density at radius 3 is 2.74 bits per heavy atom. The lowest BCUT2D eigenvalue weighted by Crippen LogP contribution is -2.01. The predicted octanol–water partition coefficient (Wildman–Crippen LogP) is 2.59. The minimum atomic E-state index is -1.10. The molecule has 0 atom stereocenters. The standard InChI is InChI=1S/C11H8F2N4O2/c12-7-2-1-3-8(11(7)13)15-10-5-6(17(18)19)4-9(14)16-10/h1-5H,(H3,14,15,16). The molecule has 2 rings (SSSR count). The van der Waals surface area contributed by atoms with Gasteiger partial charge in [0.25, 0.3) is 5.69 Å². The van der Waals surface area contributed by atoms with Crippen LogP contribution in [0.2, 0.25) is 0 Å². The number of nitrogens with one attached hydrogen (secondary N) is 1. The number of nitrogen functional groups attached to an aromatic ring is 1. The molecule has 0 radical (unpaired) electrons. The highest BCUT2D eigenvalue weighted by Crippen LogP contribution is 2.24. The molecule has 8 heteroatoms. The molecule has 1 aromatic heterocycles. The Morgan fingerprint density at radius 2 is 2.05 bits per heavy atom. The summed E-state index contributed by atoms with van der Waals surface area (Å²) in [6.45, 7) is 0. The number of rotatable bonds is 3. The summed E-state index contributed by atoms with van der Waals surface area (Å²) in [6.07, 6.45) is 0. The smallest absolute Gasteiger partial charge is 0.276 e. The number of aromatic nitrogens is 1. The predicted molar refractivity (Wildman–Crippen MR) is 64.9 cm³/mol. The molecular weight excluding hydrogens is 258 g/mol. The summed E-state index contributed by atoms with van der Waals surface area (Å²) in [7, 11) is 0. The third kappa shape index (κ3) is 2.73. The van der Waals surface area contributed by atoms with E-state index in [1.807, 2.05) is 0 Å². The molecule has 0 saturated carbocycles. The van der Waals surface area contributed by atoms with Crippen LogP contribution >= 0.6 is 0 Å². The molecule has 3 N–H and O–H groups in total. The number of anilines is 3. The third-order valence-corrected chi connectivity index (χ3v) is 2.26. The summed E-state index contributed by atoms with van der Waals surface area (Å²) in [6, 6.07) is 5.65. The Bertz CT molecular complexity index is 649. The van der Waals surface area contributed by atoms with Gasteiger partial charge in [0.2, 0.25) is 0 Å². The Labute approximate surface area is 106 Å². The Morgan fingerprint density at radius 1 is 1.32 bits per heavy atom. The van der Waals surface area contributed by atoms with Crippen molar-refractivity contribution in [3.05, 3.63) is 52.1 Å². The molecule has 0 aliphatic carbocycles. The molecular formula is C11H8F2N4O2. The van der Waals surface area contributed by atoms with Crippen molar-refractivity contribution in [1.82, 2.24) is 4.98 Å². The minimum Gasteiger partial charge on any atom is -0.383 e. The van der Waals surface area contributed by atoms with E-state index in [1.54, 1.807) is 0 Å². The second-order valence-electron chi connectivity index (χ2n) is 3.62. The highest BCUT2D eigenvalue weighted by molar-refractivity contribution is 5.61. The molecule has 1 heterocycles. The molecule has 0 aliphatic heterocycles. The highest BCUT2D eigenvalue weighted by atomic mass is 19.2. The van der Waals surface area contributed by atoms with E-state index in [0.29, 0.717) is 0 Å². The zero-order valence-electron chi connectivity index (χ0n) is 9.43. The van der Waals surface area contributed by atoms with Crippen molar-refractivity contribution in [2.24, 2.45) is 0 Å². The van der Waals surface area contributed by atoms with Gasteiger partial charge in [-0.2, -0.15) is 0 Å². The normalized spacial score (nSPS) is 10.2. The van der Waals surface area contributed by atoms with Gasteiger partial charge in [0.1, 0.15) is 11.6 Å². The average molecular weight is 266 g/mol. The van der Waals surface area contributed by atoms with Crippen LogP contribution in [0, 0.1) is 21.7 Å². The Hall–Kier alpha value is -2.77. The van der Waals surface area contributed by atoms with Crippen LogP contribution in [0.4, 0.5) is 31.8 Å². The van der Waals surface area contributed by atoms with Gasteiger partial charge < -0.3 is 11.1 Å². The van der Waals surface area contributed by atoms with Gasteiger partial charge in [0, 0.05) is 0 Å². The topological polar surface area (TPSA) is 94.1 Å². The van der Waals surface area contributed by atoms with E-state index in [4.69, 9.17) is 5.73 Å². The molecule has 0 unspecified atom stereocenters. The molecule has 0 spiro atoms. The number of nitrogens with two attached hydrogens (primary N) is 1. The fourth-order valence-corrected chi connectivity index (χ4v) is 1.44. The lowest BCUT2D eigenvalue weighted by molar-refractivity contribution is -0.384. The van der Waals surface area contributed by atoms with Crippen LogP contribution in [0.1, 0.15) is 0 Å². The summed E-state index contributed by atoms with van der Waals surface area (Å²) in [4.78, 5) is 13.7. The molecule has 2 aromatic rings. The fourth-order valence-electron chi connectivity index (χ4n) is 1.44. The molecule has 6 nitrogen and oxygen atoms in total. The number of benzene rings is 1. The minimum absolute atomic E-state index is 0.0452. The zero-order chi connectivity index (χ0) is 14.0. The average Bonchev–Trinajstić information content (AvgIpc) is 2.34. The summed E-state index contributed by atoms with van der Waals surface area (Å²) in [5.74, 6) is -2.29. The van der Waals surface area contributed by atoms with Crippen molar-refractivity contribution in [2.75, 3.05) is 11.1 Å². The third-order valence-electron chi connectivity index (χ3n) is 2.26. The maximum absolute atomic E-state index is 13.4. The lowest BCUT2D eigenvalue weighted by atomic mass is 10.3. The van der Waals surface area contributed by atoms with Crippen LogP contribution in [-0.2, 0) is 0 Å². The number of pyridine rings is 1. The fraction of sp³-hybridized carbons (Fsp3) is 0. The molecule has 1 aromatic carbocycles. The van der Waals surface area contributed by atoms with Gasteiger partial charge in [0.05, 0.1) is 22.7 Å². The van der Waals surface area contributed by atoms with E-state index >= 15 is 0 Å². The largest absolute Gasteiger partial charge is 0.383 e. The Balaban J connectivity index is 2.38. The first-order valence-corrected chi connectivity index (χ1v) is 5.10. The summed E-state index contributed by atoms with van der Waals surface area (Å²) < 4.78 is 26.4. The van der Waals surface area contributed by atoms with Crippen molar-refractivity contribution in [3.8, 4) is 0 Å². The van der Waals surface area contributed by atoms with Crippen molar-refractivity contribution in [2.45, 2.75) is 0 Å². The molecule has 19 heavy (non-hydrogen) atoms. The zero-order valence-corrected chi connectivity index (χ0v) is 9.43. The van der Waals surface area contributed by atoms with Crippen molar-refractivity contribution < 1.29 is 13.7 Å². The Kier molecular flexibility index (Phi) is 3.23. The quantitative estimate of drug-likeness (QED) is 0.657. The van der Waals surface area contributed by atoms with E-state index in [9.17, 15) is 18.9 Å². The highest BCUT2D eigenvalue weighted by Gasteiger charge is 2.12. The number of hydrogen-bond acceptors (Lipinski definition) is 5. The molecule has 0 fully saturated rings. The first-order chi connectivity index (χ1) is 8.97. The molecule has 0 bridgehead atoms. The van der Waals surface area contributed by atoms with Crippen LogP contribution in [0.25, 0.3) is 0 Å². The number of nitro groups is 1. The van der Waals surface area contributed by atoms with Gasteiger partial charge in [0.15, 0.2) is 11.6 Å². The van der Waals surface area contributed by atoms with Gasteiger partial charge in [-0.3, -0.25) is 10.1 Å². The summed E-state index contributed by atoms with van der Waals surface area (Å²) >= 11 is 0. The molecule has 98 valence electrons. The van der Waals surface area contributed by atoms with Crippen LogP contribution in [-0.4, -0.2) is 9.91 Å². The maximum atomic E-state index is 13.4. The van der Waals surface area contributed by atoms with Crippen molar-refractivity contribution >= 4 is 23.0 Å². The number of halogens is 2. The number of nitrogens with zero attached hydrogens (tertiary/aromatic N) is 2.